The SMILES string of the molecule is CCN1C(=O)c2cc(C(=O)NCc3ccc(OC)cc3)nn2C[C@@]1(C)C(=O)NC1CCCC1. The molecule has 0 spiro atoms. The van der Waals surface area contributed by atoms with Crippen molar-refractivity contribution in [3.63, 3.8) is 0 Å². The molecule has 1 fully saturated rings. The van der Waals surface area contributed by atoms with Crippen LogP contribution in [0.15, 0.2) is 30.3 Å². The van der Waals surface area contributed by atoms with Gasteiger partial charge in [-0.05, 0) is 44.4 Å². The molecule has 1 aromatic heterocycles. The van der Waals surface area contributed by atoms with Crippen LogP contribution in [-0.4, -0.2) is 57.6 Å². The number of carbonyl (C=O) groups excluding carboxylic acids is 3. The molecule has 2 aromatic rings. The molecule has 1 saturated carbocycles. The molecular formula is C24H31N5O4. The molecule has 1 aliphatic heterocycles. The molecule has 0 radical (unpaired) electrons. The van der Waals surface area contributed by atoms with Crippen molar-refractivity contribution in [3.8, 4) is 5.75 Å². The Morgan fingerprint density at radius 2 is 1.91 bits per heavy atom. The second kappa shape index (κ2) is 9.25. The molecule has 3 amide bonds. The number of ether oxygens (including phenoxy) is 1. The minimum absolute atomic E-state index is 0.154. The number of hydrogen-bond donors (Lipinski definition) is 2. The standard InChI is InChI=1S/C24H31N5O4/c1-4-28-22(31)20-13-19(21(30)25-14-16-9-11-18(33-3)12-10-16)27-29(20)15-24(28,2)23(32)26-17-7-5-6-8-17/h9-13,17H,4-8,14-15H2,1-3H3,(H,25,30)(H,26,32)/t24-/m0/s1. The number of amides is 3. The summed E-state index contributed by atoms with van der Waals surface area (Å²) in [7, 11) is 1.60. The highest BCUT2D eigenvalue weighted by Crippen LogP contribution is 2.28. The molecule has 0 saturated heterocycles. The lowest BCUT2D eigenvalue weighted by molar-refractivity contribution is -0.133. The summed E-state index contributed by atoms with van der Waals surface area (Å²) < 4.78 is 6.64. The third-order valence-electron chi connectivity index (χ3n) is 6.64. The Bertz CT molecular complexity index is 1040. The van der Waals surface area contributed by atoms with Crippen molar-refractivity contribution in [1.82, 2.24) is 25.3 Å². The van der Waals surface area contributed by atoms with E-state index < -0.39 is 5.54 Å². The summed E-state index contributed by atoms with van der Waals surface area (Å²) in [5, 5.41) is 10.3. The summed E-state index contributed by atoms with van der Waals surface area (Å²) in [6.45, 7) is 4.53. The zero-order valence-electron chi connectivity index (χ0n) is 19.4. The van der Waals surface area contributed by atoms with Gasteiger partial charge in [-0.3, -0.25) is 19.1 Å². The van der Waals surface area contributed by atoms with Gasteiger partial charge in [0.05, 0.1) is 13.7 Å². The number of likely N-dealkylation sites (N-methyl/N-ethyl adjacent to an activating group) is 1. The van der Waals surface area contributed by atoms with Gasteiger partial charge in [-0.1, -0.05) is 25.0 Å². The number of rotatable bonds is 7. The van der Waals surface area contributed by atoms with Crippen LogP contribution < -0.4 is 15.4 Å². The van der Waals surface area contributed by atoms with Gasteiger partial charge in [0.1, 0.15) is 17.0 Å². The van der Waals surface area contributed by atoms with Gasteiger partial charge < -0.3 is 20.3 Å². The van der Waals surface area contributed by atoms with Crippen LogP contribution in [0.5, 0.6) is 5.75 Å². The predicted molar refractivity (Wildman–Crippen MR) is 122 cm³/mol. The van der Waals surface area contributed by atoms with E-state index >= 15 is 0 Å². The molecule has 0 bridgehead atoms. The number of aromatic nitrogens is 2. The molecule has 33 heavy (non-hydrogen) atoms. The van der Waals surface area contributed by atoms with Crippen molar-refractivity contribution >= 4 is 17.7 Å². The predicted octanol–water partition coefficient (Wildman–Crippen LogP) is 2.11. The van der Waals surface area contributed by atoms with Crippen molar-refractivity contribution in [3.05, 3.63) is 47.3 Å². The fourth-order valence-electron chi connectivity index (χ4n) is 4.67. The highest BCUT2D eigenvalue weighted by molar-refractivity contribution is 6.01. The van der Waals surface area contributed by atoms with E-state index in [1.807, 2.05) is 31.2 Å². The van der Waals surface area contributed by atoms with E-state index in [1.165, 1.54) is 10.7 Å². The van der Waals surface area contributed by atoms with E-state index in [9.17, 15) is 14.4 Å². The second-order valence-corrected chi connectivity index (χ2v) is 8.88. The minimum Gasteiger partial charge on any atom is -0.497 e. The summed E-state index contributed by atoms with van der Waals surface area (Å²) in [5.41, 5.74) is 0.322. The van der Waals surface area contributed by atoms with E-state index in [1.54, 1.807) is 18.9 Å². The van der Waals surface area contributed by atoms with Crippen molar-refractivity contribution in [2.24, 2.45) is 0 Å². The summed E-state index contributed by atoms with van der Waals surface area (Å²) in [6, 6.07) is 9.05. The number of benzene rings is 1. The fraction of sp³-hybridized carbons (Fsp3) is 0.500. The quantitative estimate of drug-likeness (QED) is 0.668. The summed E-state index contributed by atoms with van der Waals surface area (Å²) in [4.78, 5) is 40.7. The molecule has 2 aliphatic rings. The third-order valence-corrected chi connectivity index (χ3v) is 6.64. The lowest BCUT2D eigenvalue weighted by Crippen LogP contribution is -2.64. The van der Waals surface area contributed by atoms with E-state index in [4.69, 9.17) is 4.74 Å². The van der Waals surface area contributed by atoms with Crippen molar-refractivity contribution in [1.29, 1.82) is 0 Å². The van der Waals surface area contributed by atoms with E-state index in [0.717, 1.165) is 37.0 Å². The van der Waals surface area contributed by atoms with Gasteiger partial charge in [-0.25, -0.2) is 0 Å². The summed E-state index contributed by atoms with van der Waals surface area (Å²) in [6.07, 6.45) is 4.15. The Kier molecular flexibility index (Phi) is 6.40. The number of nitrogens with one attached hydrogen (secondary N) is 2. The van der Waals surface area contributed by atoms with Crippen LogP contribution in [0, 0.1) is 0 Å². The number of hydrogen-bond acceptors (Lipinski definition) is 5. The van der Waals surface area contributed by atoms with E-state index in [2.05, 4.69) is 15.7 Å². The smallest absolute Gasteiger partial charge is 0.273 e. The van der Waals surface area contributed by atoms with E-state index in [-0.39, 0.29) is 36.0 Å². The molecule has 0 unspecified atom stereocenters. The summed E-state index contributed by atoms with van der Waals surface area (Å²) in [5.74, 6) is -0.0997. The molecule has 9 nitrogen and oxygen atoms in total. The average Bonchev–Trinajstić information content (AvgIpc) is 3.48. The van der Waals surface area contributed by atoms with Gasteiger partial charge in [0.15, 0.2) is 5.69 Å². The first-order chi connectivity index (χ1) is 15.9. The average molecular weight is 454 g/mol. The van der Waals surface area contributed by atoms with Crippen LogP contribution in [0.4, 0.5) is 0 Å². The van der Waals surface area contributed by atoms with Gasteiger partial charge in [0.2, 0.25) is 5.91 Å². The maximum absolute atomic E-state index is 13.2. The van der Waals surface area contributed by atoms with Crippen molar-refractivity contribution in [2.75, 3.05) is 13.7 Å². The maximum Gasteiger partial charge on any atom is 0.273 e. The van der Waals surface area contributed by atoms with E-state index in [0.29, 0.717) is 18.8 Å². The monoisotopic (exact) mass is 453 g/mol. The van der Waals surface area contributed by atoms with Gasteiger partial charge >= 0.3 is 0 Å². The Balaban J connectivity index is 1.49. The van der Waals surface area contributed by atoms with Gasteiger partial charge in [0, 0.05) is 25.2 Å². The first-order valence-corrected chi connectivity index (χ1v) is 11.5. The van der Waals surface area contributed by atoms with Crippen molar-refractivity contribution in [2.45, 2.75) is 64.2 Å². The number of nitrogens with zero attached hydrogens (tertiary/aromatic N) is 3. The Morgan fingerprint density at radius 1 is 1.21 bits per heavy atom. The normalized spacial score (nSPS) is 20.5. The number of carbonyl (C=O) groups is 3. The molecular weight excluding hydrogens is 422 g/mol. The van der Waals surface area contributed by atoms with Crippen LogP contribution in [0.3, 0.4) is 0 Å². The molecule has 176 valence electrons. The second-order valence-electron chi connectivity index (χ2n) is 8.88. The molecule has 1 aliphatic carbocycles. The highest BCUT2D eigenvalue weighted by Gasteiger charge is 2.48. The minimum atomic E-state index is -1.07. The number of methoxy groups -OCH3 is 1. The zero-order chi connectivity index (χ0) is 23.6. The first kappa shape index (κ1) is 22.8. The lowest BCUT2D eigenvalue weighted by atomic mass is 9.94. The van der Waals surface area contributed by atoms with Gasteiger partial charge in [0.25, 0.3) is 11.8 Å². The zero-order valence-corrected chi connectivity index (χ0v) is 19.4. The van der Waals surface area contributed by atoms with Crippen LogP contribution in [0.2, 0.25) is 0 Å². The third kappa shape index (κ3) is 4.44. The van der Waals surface area contributed by atoms with Gasteiger partial charge in [-0.2, -0.15) is 5.10 Å². The van der Waals surface area contributed by atoms with Crippen molar-refractivity contribution < 1.29 is 19.1 Å². The van der Waals surface area contributed by atoms with Crippen LogP contribution in [0.25, 0.3) is 0 Å². The van der Waals surface area contributed by atoms with Crippen LogP contribution >= 0.6 is 0 Å². The summed E-state index contributed by atoms with van der Waals surface area (Å²) >= 11 is 0. The molecule has 1 atom stereocenters. The molecule has 1 aromatic carbocycles. The van der Waals surface area contributed by atoms with Crippen LogP contribution in [0.1, 0.15) is 66.1 Å². The topological polar surface area (TPSA) is 106 Å². The van der Waals surface area contributed by atoms with Crippen LogP contribution in [-0.2, 0) is 17.9 Å². The van der Waals surface area contributed by atoms with Gasteiger partial charge in [-0.15, -0.1) is 0 Å². The Morgan fingerprint density at radius 3 is 2.55 bits per heavy atom. The maximum atomic E-state index is 13.2. The molecule has 4 rings (SSSR count). The number of fused-ring (bicyclic) bond motifs is 1. The first-order valence-electron chi connectivity index (χ1n) is 11.5. The lowest BCUT2D eigenvalue weighted by Gasteiger charge is -2.43. The Labute approximate surface area is 193 Å². The molecule has 9 heteroatoms. The molecule has 2 N–H and O–H groups in total. The molecule has 2 heterocycles. The highest BCUT2D eigenvalue weighted by atomic mass is 16.5. The fourth-order valence-corrected chi connectivity index (χ4v) is 4.67. The Hall–Kier alpha value is -3.36. The largest absolute Gasteiger partial charge is 0.497 e.